The maximum absolute atomic E-state index is 11.9. The van der Waals surface area contributed by atoms with Crippen LogP contribution in [0.2, 0.25) is 5.02 Å². The highest BCUT2D eigenvalue weighted by Crippen LogP contribution is 2.26. The Bertz CT molecular complexity index is 787. The van der Waals surface area contributed by atoms with Gasteiger partial charge < -0.3 is 9.84 Å². The highest BCUT2D eigenvalue weighted by Gasteiger charge is 2.11. The number of aromatic nitrogens is 2. The van der Waals surface area contributed by atoms with Gasteiger partial charge in [-0.05, 0) is 18.2 Å². The molecule has 0 atom stereocenters. The van der Waals surface area contributed by atoms with Crippen LogP contribution in [-0.4, -0.2) is 16.0 Å². The van der Waals surface area contributed by atoms with Crippen LogP contribution in [0.1, 0.15) is 16.1 Å². The summed E-state index contributed by atoms with van der Waals surface area (Å²) in [6, 6.07) is 12.5. The number of benzene rings is 1. The number of amides is 1. The molecule has 0 fully saturated rings. The van der Waals surface area contributed by atoms with E-state index in [1.165, 1.54) is 6.20 Å². The third-order valence-electron chi connectivity index (χ3n) is 3.06. The Morgan fingerprint density at radius 1 is 1.23 bits per heavy atom. The molecule has 0 saturated carbocycles. The van der Waals surface area contributed by atoms with Gasteiger partial charge in [-0.2, -0.15) is 0 Å². The fourth-order valence-corrected chi connectivity index (χ4v) is 2.19. The molecule has 0 radical (unpaired) electrons. The molecule has 0 saturated heterocycles. The zero-order valence-corrected chi connectivity index (χ0v) is 12.2. The van der Waals surface area contributed by atoms with Crippen LogP contribution in [-0.2, 0) is 6.54 Å². The third-order valence-corrected chi connectivity index (χ3v) is 3.39. The first kappa shape index (κ1) is 14.3. The van der Waals surface area contributed by atoms with Crippen LogP contribution in [0.3, 0.4) is 0 Å². The lowest BCUT2D eigenvalue weighted by molar-refractivity contribution is 0.0946. The summed E-state index contributed by atoms with van der Waals surface area (Å²) in [4.78, 5) is 15.8. The highest BCUT2D eigenvalue weighted by molar-refractivity contribution is 6.33. The van der Waals surface area contributed by atoms with Crippen molar-refractivity contribution in [3.05, 3.63) is 71.2 Å². The average molecular weight is 314 g/mol. The van der Waals surface area contributed by atoms with Crippen LogP contribution >= 0.6 is 11.6 Å². The number of nitrogens with one attached hydrogen (secondary N) is 1. The highest BCUT2D eigenvalue weighted by atomic mass is 35.5. The first-order valence-corrected chi connectivity index (χ1v) is 7.00. The molecule has 0 bridgehead atoms. The van der Waals surface area contributed by atoms with Gasteiger partial charge in [-0.15, -0.1) is 0 Å². The molecule has 1 amide bonds. The number of rotatable bonds is 4. The number of hydrogen-bond donors (Lipinski definition) is 1. The van der Waals surface area contributed by atoms with E-state index in [1.807, 2.05) is 18.2 Å². The Balaban J connectivity index is 1.68. The van der Waals surface area contributed by atoms with E-state index in [9.17, 15) is 4.79 Å². The van der Waals surface area contributed by atoms with Gasteiger partial charge >= 0.3 is 0 Å². The van der Waals surface area contributed by atoms with Crippen molar-refractivity contribution in [1.82, 2.24) is 15.5 Å². The van der Waals surface area contributed by atoms with Gasteiger partial charge in [0.15, 0.2) is 5.76 Å². The van der Waals surface area contributed by atoms with Crippen LogP contribution in [0.25, 0.3) is 11.3 Å². The van der Waals surface area contributed by atoms with E-state index >= 15 is 0 Å². The molecule has 2 aromatic heterocycles. The lowest BCUT2D eigenvalue weighted by Crippen LogP contribution is -2.22. The first-order chi connectivity index (χ1) is 10.7. The molecule has 5 nitrogen and oxygen atoms in total. The van der Waals surface area contributed by atoms with Gasteiger partial charge in [0.05, 0.1) is 17.1 Å². The number of hydrogen-bond acceptors (Lipinski definition) is 4. The van der Waals surface area contributed by atoms with E-state index in [2.05, 4.69) is 15.5 Å². The predicted molar refractivity (Wildman–Crippen MR) is 82.4 cm³/mol. The Hall–Kier alpha value is -2.66. The predicted octanol–water partition coefficient (Wildman–Crippen LogP) is 3.32. The SMILES string of the molecule is O=C(NCc1cc(-c2ccccc2Cl)no1)c1cccnc1. The molecule has 22 heavy (non-hydrogen) atoms. The van der Waals surface area contributed by atoms with E-state index in [1.54, 1.807) is 30.5 Å². The lowest BCUT2D eigenvalue weighted by atomic mass is 10.1. The maximum atomic E-state index is 11.9. The van der Waals surface area contributed by atoms with E-state index in [-0.39, 0.29) is 12.5 Å². The summed E-state index contributed by atoms with van der Waals surface area (Å²) >= 11 is 6.12. The quantitative estimate of drug-likeness (QED) is 0.802. The van der Waals surface area contributed by atoms with Crippen LogP contribution in [0, 0.1) is 0 Å². The molecule has 6 heteroatoms. The number of nitrogens with zero attached hydrogens (tertiary/aromatic N) is 2. The van der Waals surface area contributed by atoms with Gasteiger partial charge in [0.1, 0.15) is 5.69 Å². The van der Waals surface area contributed by atoms with Crippen LogP contribution in [0.4, 0.5) is 0 Å². The molecular weight excluding hydrogens is 302 g/mol. The maximum Gasteiger partial charge on any atom is 0.253 e. The number of halogens is 1. The smallest absolute Gasteiger partial charge is 0.253 e. The Morgan fingerprint density at radius 3 is 2.86 bits per heavy atom. The van der Waals surface area contributed by atoms with Crippen molar-refractivity contribution in [3.8, 4) is 11.3 Å². The summed E-state index contributed by atoms with van der Waals surface area (Å²) in [7, 11) is 0. The lowest BCUT2D eigenvalue weighted by Gasteiger charge is -2.01. The van der Waals surface area contributed by atoms with Crippen molar-refractivity contribution in [1.29, 1.82) is 0 Å². The van der Waals surface area contributed by atoms with Crippen molar-refractivity contribution in [2.45, 2.75) is 6.54 Å². The van der Waals surface area contributed by atoms with Crippen molar-refractivity contribution in [3.63, 3.8) is 0 Å². The Kier molecular flexibility index (Phi) is 4.16. The minimum absolute atomic E-state index is 0.219. The molecule has 110 valence electrons. The minimum Gasteiger partial charge on any atom is -0.359 e. The monoisotopic (exact) mass is 313 g/mol. The molecule has 0 unspecified atom stereocenters. The summed E-state index contributed by atoms with van der Waals surface area (Å²) in [6.07, 6.45) is 3.12. The van der Waals surface area contributed by atoms with E-state index in [4.69, 9.17) is 16.1 Å². The second-order valence-corrected chi connectivity index (χ2v) is 4.99. The summed E-state index contributed by atoms with van der Waals surface area (Å²) < 4.78 is 5.22. The molecule has 0 spiro atoms. The molecule has 0 aliphatic rings. The van der Waals surface area contributed by atoms with Crippen molar-refractivity contribution < 1.29 is 9.32 Å². The summed E-state index contributed by atoms with van der Waals surface area (Å²) in [5.74, 6) is 0.330. The van der Waals surface area contributed by atoms with E-state index < -0.39 is 0 Å². The molecule has 0 aliphatic heterocycles. The molecule has 3 rings (SSSR count). The summed E-state index contributed by atoms with van der Waals surface area (Å²) in [5.41, 5.74) is 1.92. The normalized spacial score (nSPS) is 10.4. The Labute approximate surface area is 131 Å². The van der Waals surface area contributed by atoms with E-state index in [0.29, 0.717) is 22.0 Å². The van der Waals surface area contributed by atoms with Crippen molar-refractivity contribution in [2.75, 3.05) is 0 Å². The van der Waals surface area contributed by atoms with Crippen molar-refractivity contribution >= 4 is 17.5 Å². The Morgan fingerprint density at radius 2 is 2.09 bits per heavy atom. The van der Waals surface area contributed by atoms with Crippen LogP contribution in [0.15, 0.2) is 59.4 Å². The second-order valence-electron chi connectivity index (χ2n) is 4.58. The molecule has 2 heterocycles. The van der Waals surface area contributed by atoms with Gasteiger partial charge in [0.2, 0.25) is 0 Å². The molecule has 1 N–H and O–H groups in total. The third kappa shape index (κ3) is 3.15. The van der Waals surface area contributed by atoms with Crippen molar-refractivity contribution in [2.24, 2.45) is 0 Å². The largest absolute Gasteiger partial charge is 0.359 e. The summed E-state index contributed by atoms with van der Waals surface area (Å²) in [6.45, 7) is 0.241. The van der Waals surface area contributed by atoms with Gasteiger partial charge in [0.25, 0.3) is 5.91 Å². The zero-order valence-electron chi connectivity index (χ0n) is 11.5. The fourth-order valence-electron chi connectivity index (χ4n) is 1.96. The number of carbonyl (C=O) groups excluding carboxylic acids is 1. The minimum atomic E-state index is -0.219. The molecular formula is C16H12ClN3O2. The standard InChI is InChI=1S/C16H12ClN3O2/c17-14-6-2-1-5-13(14)15-8-12(22-20-15)10-19-16(21)11-4-3-7-18-9-11/h1-9H,10H2,(H,19,21). The van der Waals surface area contributed by atoms with Gasteiger partial charge in [-0.25, -0.2) is 0 Å². The van der Waals surface area contributed by atoms with Crippen LogP contribution in [0.5, 0.6) is 0 Å². The topological polar surface area (TPSA) is 68.0 Å². The van der Waals surface area contributed by atoms with Gasteiger partial charge in [0, 0.05) is 24.0 Å². The van der Waals surface area contributed by atoms with E-state index in [0.717, 1.165) is 5.56 Å². The molecule has 3 aromatic rings. The first-order valence-electron chi connectivity index (χ1n) is 6.63. The second kappa shape index (κ2) is 6.41. The zero-order chi connectivity index (χ0) is 15.4. The molecule has 0 aliphatic carbocycles. The van der Waals surface area contributed by atoms with Gasteiger partial charge in [-0.3, -0.25) is 9.78 Å². The number of carbonyl (C=O) groups is 1. The summed E-state index contributed by atoms with van der Waals surface area (Å²) in [5, 5.41) is 7.32. The van der Waals surface area contributed by atoms with Crippen LogP contribution < -0.4 is 5.32 Å². The fraction of sp³-hybridized carbons (Fsp3) is 0.0625. The van der Waals surface area contributed by atoms with Gasteiger partial charge in [-0.1, -0.05) is 35.0 Å². The average Bonchev–Trinajstić information content (AvgIpc) is 3.02. The number of pyridine rings is 1. The molecule has 1 aromatic carbocycles.